The molecule has 4 rings (SSSR count). The lowest BCUT2D eigenvalue weighted by Crippen LogP contribution is -1.99. The molecule has 0 bridgehead atoms. The second-order valence-electron chi connectivity index (χ2n) is 6.13. The third-order valence-corrected chi connectivity index (χ3v) is 4.50. The molecule has 4 aromatic rings. The van der Waals surface area contributed by atoms with E-state index in [0.717, 1.165) is 22.0 Å². The molecular weight excluding hydrogens is 298 g/mol. The number of hydrogen-bond acceptors (Lipinski definition) is 1. The van der Waals surface area contributed by atoms with Crippen molar-refractivity contribution in [2.75, 3.05) is 0 Å². The van der Waals surface area contributed by atoms with Crippen LogP contribution in [0.1, 0.15) is 21.5 Å². The van der Waals surface area contributed by atoms with Gasteiger partial charge in [0.05, 0.1) is 11.1 Å². The number of aryl methyl sites for hydroxylation is 1. The summed E-state index contributed by atoms with van der Waals surface area (Å²) in [4.78, 5) is 11.6. The first-order valence-corrected chi connectivity index (χ1v) is 7.93. The monoisotopic (exact) mass is 315 g/mol. The fraction of sp³-hybridized carbons (Fsp3) is 0.0952. The zero-order chi connectivity index (χ0) is 16.7. The Morgan fingerprint density at radius 2 is 1.79 bits per heavy atom. The average Bonchev–Trinajstić information content (AvgIpc) is 2.95. The Hall–Kier alpha value is -3.07. The van der Waals surface area contributed by atoms with E-state index in [-0.39, 0.29) is 0 Å². The van der Waals surface area contributed by atoms with Gasteiger partial charge in [0.1, 0.15) is 0 Å². The van der Waals surface area contributed by atoms with Gasteiger partial charge in [-0.1, -0.05) is 54.6 Å². The maximum absolute atomic E-state index is 11.6. The number of aromatic carboxylic acids is 1. The van der Waals surface area contributed by atoms with Gasteiger partial charge in [0.25, 0.3) is 0 Å². The second-order valence-corrected chi connectivity index (χ2v) is 6.13. The quantitative estimate of drug-likeness (QED) is 0.587. The van der Waals surface area contributed by atoms with Crippen molar-refractivity contribution in [2.24, 2.45) is 0 Å². The summed E-state index contributed by atoms with van der Waals surface area (Å²) in [6.07, 6.45) is 1.75. The molecule has 0 saturated heterocycles. The van der Waals surface area contributed by atoms with Crippen molar-refractivity contribution in [3.05, 3.63) is 83.6 Å². The van der Waals surface area contributed by atoms with E-state index in [1.165, 1.54) is 10.8 Å². The van der Waals surface area contributed by atoms with Crippen LogP contribution in [0.5, 0.6) is 0 Å². The van der Waals surface area contributed by atoms with Gasteiger partial charge < -0.3 is 9.67 Å². The number of hydrogen-bond donors (Lipinski definition) is 1. The number of fused-ring (bicyclic) bond motifs is 2. The van der Waals surface area contributed by atoms with Gasteiger partial charge in [-0.2, -0.15) is 0 Å². The molecule has 118 valence electrons. The average molecular weight is 315 g/mol. The predicted octanol–water partition coefficient (Wildman–Crippen LogP) is 4.85. The maximum Gasteiger partial charge on any atom is 0.337 e. The first-order valence-electron chi connectivity index (χ1n) is 7.93. The van der Waals surface area contributed by atoms with Gasteiger partial charge in [0.2, 0.25) is 0 Å². The number of carboxylic acid groups (broad SMARTS) is 1. The summed E-state index contributed by atoms with van der Waals surface area (Å²) in [5, 5.41) is 12.7. The molecule has 0 amide bonds. The third kappa shape index (κ3) is 2.35. The highest BCUT2D eigenvalue weighted by Crippen LogP contribution is 2.26. The molecule has 0 saturated carbocycles. The van der Waals surface area contributed by atoms with Gasteiger partial charge in [-0.05, 0) is 34.9 Å². The third-order valence-electron chi connectivity index (χ3n) is 4.50. The van der Waals surface area contributed by atoms with Crippen LogP contribution in [-0.2, 0) is 6.54 Å². The molecule has 1 aromatic heterocycles. The van der Waals surface area contributed by atoms with E-state index in [1.807, 2.05) is 41.8 Å². The number of nitrogens with zero attached hydrogens (tertiary/aromatic N) is 1. The van der Waals surface area contributed by atoms with Crippen LogP contribution in [0.3, 0.4) is 0 Å². The second kappa shape index (κ2) is 5.53. The van der Waals surface area contributed by atoms with E-state index >= 15 is 0 Å². The van der Waals surface area contributed by atoms with Crippen LogP contribution < -0.4 is 0 Å². The molecule has 1 heterocycles. The Bertz CT molecular complexity index is 1080. The van der Waals surface area contributed by atoms with E-state index < -0.39 is 5.97 Å². The molecule has 0 unspecified atom stereocenters. The number of rotatable bonds is 3. The van der Waals surface area contributed by atoms with Crippen LogP contribution in [-0.4, -0.2) is 15.6 Å². The van der Waals surface area contributed by atoms with Crippen molar-refractivity contribution in [3.8, 4) is 0 Å². The highest BCUT2D eigenvalue weighted by Gasteiger charge is 2.15. The minimum absolute atomic E-state index is 0.356. The number of aromatic nitrogens is 1. The van der Waals surface area contributed by atoms with Crippen molar-refractivity contribution < 1.29 is 9.90 Å². The predicted molar refractivity (Wildman–Crippen MR) is 96.7 cm³/mol. The van der Waals surface area contributed by atoms with Crippen molar-refractivity contribution >= 4 is 27.6 Å². The molecule has 0 aliphatic rings. The van der Waals surface area contributed by atoms with Gasteiger partial charge in [-0.15, -0.1) is 0 Å². The van der Waals surface area contributed by atoms with Gasteiger partial charge in [0.15, 0.2) is 0 Å². The van der Waals surface area contributed by atoms with Crippen molar-refractivity contribution in [1.29, 1.82) is 0 Å². The molecular formula is C21H17NO2. The number of para-hydroxylation sites is 1. The van der Waals surface area contributed by atoms with Crippen molar-refractivity contribution in [3.63, 3.8) is 0 Å². The van der Waals surface area contributed by atoms with E-state index in [4.69, 9.17) is 0 Å². The first kappa shape index (κ1) is 14.5. The van der Waals surface area contributed by atoms with Gasteiger partial charge >= 0.3 is 5.97 Å². The zero-order valence-electron chi connectivity index (χ0n) is 13.4. The first-order chi connectivity index (χ1) is 11.6. The summed E-state index contributed by atoms with van der Waals surface area (Å²) in [5.41, 5.74) is 3.59. The van der Waals surface area contributed by atoms with E-state index in [1.54, 1.807) is 6.20 Å². The molecule has 1 N–H and O–H groups in total. The van der Waals surface area contributed by atoms with Crippen LogP contribution >= 0.6 is 0 Å². The SMILES string of the molecule is Cc1cccc2c(C(=O)O)cn(Cc3ccc4ccccc4c3)c12. The lowest BCUT2D eigenvalue weighted by molar-refractivity contribution is 0.0699. The fourth-order valence-electron chi connectivity index (χ4n) is 3.38. The van der Waals surface area contributed by atoms with Gasteiger partial charge in [0, 0.05) is 18.1 Å². The highest BCUT2D eigenvalue weighted by atomic mass is 16.4. The molecule has 3 aromatic carbocycles. The Balaban J connectivity index is 1.85. The van der Waals surface area contributed by atoms with Crippen LogP contribution in [0, 0.1) is 6.92 Å². The molecule has 0 aliphatic heterocycles. The molecule has 24 heavy (non-hydrogen) atoms. The molecule has 0 aliphatic carbocycles. The maximum atomic E-state index is 11.6. The minimum atomic E-state index is -0.886. The standard InChI is InChI=1S/C21H17NO2/c1-14-5-4-8-18-19(21(23)24)13-22(20(14)18)12-15-9-10-16-6-2-3-7-17(16)11-15/h2-11,13H,12H2,1H3,(H,23,24). The summed E-state index contributed by atoms with van der Waals surface area (Å²) in [5.74, 6) is -0.886. The topological polar surface area (TPSA) is 42.2 Å². The molecule has 0 radical (unpaired) electrons. The number of benzene rings is 3. The van der Waals surface area contributed by atoms with E-state index in [2.05, 4.69) is 30.3 Å². The summed E-state index contributed by atoms with van der Waals surface area (Å²) >= 11 is 0. The normalized spacial score (nSPS) is 11.2. The van der Waals surface area contributed by atoms with E-state index in [9.17, 15) is 9.90 Å². The summed E-state index contributed by atoms with van der Waals surface area (Å²) in [7, 11) is 0. The molecule has 3 nitrogen and oxygen atoms in total. The summed E-state index contributed by atoms with van der Waals surface area (Å²) in [6, 6.07) is 20.4. The van der Waals surface area contributed by atoms with E-state index in [0.29, 0.717) is 12.1 Å². The van der Waals surface area contributed by atoms with Gasteiger partial charge in [-0.25, -0.2) is 4.79 Å². The number of carboxylic acids is 1. The summed E-state index contributed by atoms with van der Waals surface area (Å²) in [6.45, 7) is 2.67. The lowest BCUT2D eigenvalue weighted by atomic mass is 10.1. The van der Waals surface area contributed by atoms with Crippen LogP contribution in [0.25, 0.3) is 21.7 Å². The fourth-order valence-corrected chi connectivity index (χ4v) is 3.38. The molecule has 0 atom stereocenters. The number of carbonyl (C=O) groups is 1. The zero-order valence-corrected chi connectivity index (χ0v) is 13.4. The lowest BCUT2D eigenvalue weighted by Gasteiger charge is -2.09. The van der Waals surface area contributed by atoms with Crippen molar-refractivity contribution in [1.82, 2.24) is 4.57 Å². The van der Waals surface area contributed by atoms with Gasteiger partial charge in [-0.3, -0.25) is 0 Å². The molecule has 0 spiro atoms. The highest BCUT2D eigenvalue weighted by molar-refractivity contribution is 6.04. The van der Waals surface area contributed by atoms with Crippen LogP contribution in [0.15, 0.2) is 66.9 Å². The Morgan fingerprint density at radius 3 is 2.58 bits per heavy atom. The van der Waals surface area contributed by atoms with Crippen molar-refractivity contribution in [2.45, 2.75) is 13.5 Å². The smallest absolute Gasteiger partial charge is 0.337 e. The minimum Gasteiger partial charge on any atom is -0.478 e. The Morgan fingerprint density at radius 1 is 1.00 bits per heavy atom. The Kier molecular flexibility index (Phi) is 3.35. The largest absolute Gasteiger partial charge is 0.478 e. The molecule has 3 heteroatoms. The molecule has 0 fully saturated rings. The van der Waals surface area contributed by atoms with Crippen LogP contribution in [0.2, 0.25) is 0 Å². The Labute approximate surface area is 139 Å². The summed E-state index contributed by atoms with van der Waals surface area (Å²) < 4.78 is 2.04. The van der Waals surface area contributed by atoms with Crippen LogP contribution in [0.4, 0.5) is 0 Å².